The van der Waals surface area contributed by atoms with Crippen molar-refractivity contribution in [3.8, 4) is 5.75 Å². The molecule has 1 atom stereocenters. The van der Waals surface area contributed by atoms with Crippen LogP contribution in [0.4, 0.5) is 10.1 Å². The quantitative estimate of drug-likeness (QED) is 0.881. The fraction of sp³-hybridized carbons (Fsp3) is 0.412. The van der Waals surface area contributed by atoms with E-state index in [0.717, 1.165) is 25.7 Å². The lowest BCUT2D eigenvalue weighted by Crippen LogP contribution is -2.27. The number of amides is 1. The molecular weight excluding hydrogens is 311 g/mol. The number of nitrogens with two attached hydrogens (primary N) is 1. The number of aromatic nitrogens is 2. The lowest BCUT2D eigenvalue weighted by Gasteiger charge is -2.15. The topological polar surface area (TPSA) is 82.2 Å². The van der Waals surface area contributed by atoms with Crippen LogP contribution < -0.4 is 15.8 Å². The molecule has 3 N–H and O–H groups in total. The van der Waals surface area contributed by atoms with E-state index >= 15 is 0 Å². The van der Waals surface area contributed by atoms with E-state index in [1.807, 2.05) is 0 Å². The molecule has 0 spiro atoms. The molecule has 0 bridgehead atoms. The van der Waals surface area contributed by atoms with Gasteiger partial charge in [-0.15, -0.1) is 0 Å². The molecule has 0 aliphatic heterocycles. The molecule has 1 aliphatic carbocycles. The molecule has 1 aliphatic rings. The SMILES string of the molecule is Cn1cc(C(N)C(=O)Nc2ccc(OC3CCCC3)c(F)c2)cn1. The van der Waals surface area contributed by atoms with Crippen molar-refractivity contribution in [3.63, 3.8) is 0 Å². The lowest BCUT2D eigenvalue weighted by atomic mass is 10.1. The predicted molar refractivity (Wildman–Crippen MR) is 88.1 cm³/mol. The smallest absolute Gasteiger partial charge is 0.246 e. The molecule has 128 valence electrons. The van der Waals surface area contributed by atoms with Gasteiger partial charge in [-0.2, -0.15) is 5.10 Å². The van der Waals surface area contributed by atoms with Crippen molar-refractivity contribution in [1.29, 1.82) is 0 Å². The van der Waals surface area contributed by atoms with Gasteiger partial charge in [0.2, 0.25) is 5.91 Å². The first-order chi connectivity index (χ1) is 11.5. The summed E-state index contributed by atoms with van der Waals surface area (Å²) < 4.78 is 21.4. The largest absolute Gasteiger partial charge is 0.487 e. The molecule has 6 nitrogen and oxygen atoms in total. The highest BCUT2D eigenvalue weighted by Crippen LogP contribution is 2.27. The number of benzene rings is 1. The van der Waals surface area contributed by atoms with Crippen molar-refractivity contribution < 1.29 is 13.9 Å². The summed E-state index contributed by atoms with van der Waals surface area (Å²) in [6.45, 7) is 0. The zero-order valence-corrected chi connectivity index (χ0v) is 13.5. The fourth-order valence-corrected chi connectivity index (χ4v) is 2.83. The maximum absolute atomic E-state index is 14.2. The number of carbonyl (C=O) groups excluding carboxylic acids is 1. The van der Waals surface area contributed by atoms with Gasteiger partial charge in [0.25, 0.3) is 0 Å². The Labute approximate surface area is 139 Å². The Bertz CT molecular complexity index is 725. The molecule has 1 saturated carbocycles. The Kier molecular flexibility index (Phi) is 4.80. The van der Waals surface area contributed by atoms with E-state index in [0.29, 0.717) is 11.3 Å². The molecule has 2 aromatic rings. The number of hydrogen-bond donors (Lipinski definition) is 2. The molecule has 24 heavy (non-hydrogen) atoms. The van der Waals surface area contributed by atoms with E-state index in [2.05, 4.69) is 10.4 Å². The summed E-state index contributed by atoms with van der Waals surface area (Å²) in [5.41, 5.74) is 6.83. The zero-order valence-electron chi connectivity index (χ0n) is 13.5. The molecule has 1 amide bonds. The number of aryl methyl sites for hydroxylation is 1. The summed E-state index contributed by atoms with van der Waals surface area (Å²) in [5.74, 6) is -0.696. The number of halogens is 1. The van der Waals surface area contributed by atoms with Gasteiger partial charge in [-0.1, -0.05) is 0 Å². The van der Waals surface area contributed by atoms with Gasteiger partial charge in [0.15, 0.2) is 11.6 Å². The van der Waals surface area contributed by atoms with Gasteiger partial charge in [0.1, 0.15) is 6.04 Å². The number of nitrogens with one attached hydrogen (secondary N) is 1. The Morgan fingerprint density at radius 1 is 1.46 bits per heavy atom. The third-order valence-corrected chi connectivity index (χ3v) is 4.16. The number of carbonyl (C=O) groups is 1. The van der Waals surface area contributed by atoms with Crippen LogP contribution in [0.15, 0.2) is 30.6 Å². The van der Waals surface area contributed by atoms with E-state index in [9.17, 15) is 9.18 Å². The van der Waals surface area contributed by atoms with Gasteiger partial charge in [0.05, 0.1) is 12.3 Å². The van der Waals surface area contributed by atoms with Crippen LogP contribution in [0.5, 0.6) is 5.75 Å². The summed E-state index contributed by atoms with van der Waals surface area (Å²) in [5, 5.41) is 6.60. The molecule has 1 aromatic heterocycles. The van der Waals surface area contributed by atoms with Crippen molar-refractivity contribution in [1.82, 2.24) is 9.78 Å². The van der Waals surface area contributed by atoms with Crippen LogP contribution in [0.1, 0.15) is 37.3 Å². The first-order valence-corrected chi connectivity index (χ1v) is 8.04. The Morgan fingerprint density at radius 2 is 2.21 bits per heavy atom. The third-order valence-electron chi connectivity index (χ3n) is 4.16. The van der Waals surface area contributed by atoms with Crippen LogP contribution in [0, 0.1) is 5.82 Å². The second kappa shape index (κ2) is 7.00. The predicted octanol–water partition coefficient (Wildman–Crippen LogP) is 2.52. The van der Waals surface area contributed by atoms with E-state index in [-0.39, 0.29) is 11.9 Å². The molecule has 3 rings (SSSR count). The molecule has 1 heterocycles. The maximum atomic E-state index is 14.2. The second-order valence-corrected chi connectivity index (χ2v) is 6.08. The average Bonchev–Trinajstić information content (AvgIpc) is 3.21. The van der Waals surface area contributed by atoms with Crippen LogP contribution in [0.2, 0.25) is 0 Å². The van der Waals surface area contributed by atoms with Crippen molar-refractivity contribution >= 4 is 11.6 Å². The number of nitrogens with zero attached hydrogens (tertiary/aromatic N) is 2. The zero-order chi connectivity index (χ0) is 17.1. The minimum Gasteiger partial charge on any atom is -0.487 e. The molecule has 7 heteroatoms. The molecule has 1 fully saturated rings. The van der Waals surface area contributed by atoms with Crippen LogP contribution in [0.25, 0.3) is 0 Å². The van der Waals surface area contributed by atoms with Gasteiger partial charge in [-0.25, -0.2) is 4.39 Å². The highest BCUT2D eigenvalue weighted by atomic mass is 19.1. The van der Waals surface area contributed by atoms with Crippen molar-refractivity contribution in [2.45, 2.75) is 37.8 Å². The Hall–Kier alpha value is -2.41. The minimum atomic E-state index is -0.865. The number of ether oxygens (including phenoxy) is 1. The molecular formula is C17H21FN4O2. The molecule has 0 radical (unpaired) electrons. The average molecular weight is 332 g/mol. The summed E-state index contributed by atoms with van der Waals surface area (Å²) in [7, 11) is 1.74. The van der Waals surface area contributed by atoms with Gasteiger partial charge >= 0.3 is 0 Å². The Morgan fingerprint density at radius 3 is 2.83 bits per heavy atom. The van der Waals surface area contributed by atoms with E-state index < -0.39 is 17.8 Å². The second-order valence-electron chi connectivity index (χ2n) is 6.08. The maximum Gasteiger partial charge on any atom is 0.246 e. The van der Waals surface area contributed by atoms with Crippen molar-refractivity contribution in [2.75, 3.05) is 5.32 Å². The number of hydrogen-bond acceptors (Lipinski definition) is 4. The first-order valence-electron chi connectivity index (χ1n) is 8.04. The van der Waals surface area contributed by atoms with Gasteiger partial charge in [-0.05, 0) is 37.8 Å². The van der Waals surface area contributed by atoms with Crippen molar-refractivity contribution in [3.05, 3.63) is 42.0 Å². The monoisotopic (exact) mass is 332 g/mol. The summed E-state index contributed by atoms with van der Waals surface area (Å²) in [4.78, 5) is 12.2. The first kappa shape index (κ1) is 16.4. The van der Waals surface area contributed by atoms with Gasteiger partial charge < -0.3 is 15.8 Å². The van der Waals surface area contributed by atoms with E-state index in [1.54, 1.807) is 30.1 Å². The number of anilines is 1. The third kappa shape index (κ3) is 3.73. The van der Waals surface area contributed by atoms with Gasteiger partial charge in [0, 0.05) is 30.6 Å². The molecule has 1 unspecified atom stereocenters. The molecule has 0 saturated heterocycles. The normalized spacial score (nSPS) is 16.1. The van der Waals surface area contributed by atoms with Crippen LogP contribution in [0.3, 0.4) is 0 Å². The molecule has 1 aromatic carbocycles. The van der Waals surface area contributed by atoms with Crippen LogP contribution in [-0.2, 0) is 11.8 Å². The number of rotatable bonds is 5. The van der Waals surface area contributed by atoms with Crippen LogP contribution in [-0.4, -0.2) is 21.8 Å². The fourth-order valence-electron chi connectivity index (χ4n) is 2.83. The summed E-state index contributed by atoms with van der Waals surface area (Å²) >= 11 is 0. The highest BCUT2D eigenvalue weighted by molar-refractivity contribution is 5.95. The Balaban J connectivity index is 1.64. The minimum absolute atomic E-state index is 0.0824. The summed E-state index contributed by atoms with van der Waals surface area (Å²) in [6.07, 6.45) is 7.43. The van der Waals surface area contributed by atoms with Crippen LogP contribution >= 0.6 is 0 Å². The van der Waals surface area contributed by atoms with Gasteiger partial charge in [-0.3, -0.25) is 9.48 Å². The summed E-state index contributed by atoms with van der Waals surface area (Å²) in [6, 6.07) is 3.54. The highest BCUT2D eigenvalue weighted by Gasteiger charge is 2.20. The van der Waals surface area contributed by atoms with Crippen molar-refractivity contribution in [2.24, 2.45) is 12.8 Å². The van der Waals surface area contributed by atoms with E-state index in [4.69, 9.17) is 10.5 Å². The van der Waals surface area contributed by atoms with E-state index in [1.165, 1.54) is 12.3 Å². The standard InChI is InChI=1S/C17H21FN4O2/c1-22-10-11(9-20-22)16(19)17(23)21-12-6-7-15(14(18)8-12)24-13-4-2-3-5-13/h6-10,13,16H,2-5,19H2,1H3,(H,21,23). The lowest BCUT2D eigenvalue weighted by molar-refractivity contribution is -0.117.